The Hall–Kier alpha value is -3.27. The first kappa shape index (κ1) is 18.1. The van der Waals surface area contributed by atoms with Gasteiger partial charge in [0.15, 0.2) is 0 Å². The van der Waals surface area contributed by atoms with Crippen LogP contribution in [0.3, 0.4) is 0 Å². The van der Waals surface area contributed by atoms with Crippen LogP contribution < -0.4 is 9.64 Å². The highest BCUT2D eigenvalue weighted by Crippen LogP contribution is 2.23. The summed E-state index contributed by atoms with van der Waals surface area (Å²) in [6.45, 7) is 4.45. The molecule has 0 aliphatic carbocycles. The third kappa shape index (κ3) is 4.01. The lowest BCUT2D eigenvalue weighted by molar-refractivity contribution is 0.0726. The quantitative estimate of drug-likeness (QED) is 0.658. The minimum absolute atomic E-state index is 0.0748. The summed E-state index contributed by atoms with van der Waals surface area (Å²) in [5, 5.41) is 0. The van der Waals surface area contributed by atoms with Gasteiger partial charge in [0.05, 0.1) is 0 Å². The van der Waals surface area contributed by atoms with Gasteiger partial charge < -0.3 is 14.5 Å². The summed E-state index contributed by atoms with van der Waals surface area (Å²) in [4.78, 5) is 17.2. The molecule has 4 heteroatoms. The average molecular weight is 372 g/mol. The van der Waals surface area contributed by atoms with Crippen LogP contribution in [0.15, 0.2) is 84.9 Å². The van der Waals surface area contributed by atoms with Crippen LogP contribution >= 0.6 is 0 Å². The largest absolute Gasteiger partial charge is 0.457 e. The summed E-state index contributed by atoms with van der Waals surface area (Å²) in [5.74, 6) is 1.59. The molecule has 1 aliphatic heterocycles. The van der Waals surface area contributed by atoms with Gasteiger partial charge in [-0.2, -0.15) is 0 Å². The van der Waals surface area contributed by atoms with Gasteiger partial charge in [0.25, 0.3) is 5.91 Å². The van der Waals surface area contributed by atoms with E-state index >= 15 is 0 Å². The average Bonchev–Trinajstić information content (AvgIpc) is 2.75. The number of nitrogens with zero attached hydrogens (tertiary/aromatic N) is 2. The van der Waals surface area contributed by atoms with Gasteiger partial charge in [0.1, 0.15) is 11.5 Å². The normalized spacial score (nSPS) is 16.7. The molecular formula is C24H24N2O2. The molecule has 0 spiro atoms. The van der Waals surface area contributed by atoms with Crippen LogP contribution in [-0.4, -0.2) is 36.5 Å². The molecule has 0 aromatic heterocycles. The number of carbonyl (C=O) groups excluding carboxylic acids is 1. The summed E-state index contributed by atoms with van der Waals surface area (Å²) in [6.07, 6.45) is 0. The van der Waals surface area contributed by atoms with Crippen molar-refractivity contribution in [3.05, 3.63) is 90.5 Å². The number of benzene rings is 3. The van der Waals surface area contributed by atoms with E-state index in [1.54, 1.807) is 0 Å². The first-order valence-corrected chi connectivity index (χ1v) is 9.64. The lowest BCUT2D eigenvalue weighted by Crippen LogP contribution is -2.53. The molecule has 1 saturated heterocycles. The molecule has 4 nitrogen and oxygen atoms in total. The first-order chi connectivity index (χ1) is 13.7. The maximum atomic E-state index is 12.9. The number of piperazine rings is 1. The topological polar surface area (TPSA) is 32.8 Å². The van der Waals surface area contributed by atoms with Gasteiger partial charge in [-0.25, -0.2) is 0 Å². The van der Waals surface area contributed by atoms with E-state index in [1.807, 2.05) is 65.6 Å². The van der Waals surface area contributed by atoms with Crippen molar-refractivity contribution >= 4 is 11.6 Å². The van der Waals surface area contributed by atoms with Crippen molar-refractivity contribution in [2.75, 3.05) is 24.5 Å². The van der Waals surface area contributed by atoms with E-state index in [1.165, 1.54) is 5.69 Å². The Bertz CT molecular complexity index is 910. The van der Waals surface area contributed by atoms with Crippen LogP contribution in [0.2, 0.25) is 0 Å². The highest BCUT2D eigenvalue weighted by atomic mass is 16.5. The van der Waals surface area contributed by atoms with Crippen molar-refractivity contribution < 1.29 is 9.53 Å². The Kier molecular flexibility index (Phi) is 5.29. The van der Waals surface area contributed by atoms with Crippen LogP contribution in [0, 0.1) is 0 Å². The summed E-state index contributed by atoms with van der Waals surface area (Å²) in [6, 6.07) is 27.7. The third-order valence-electron chi connectivity index (χ3n) is 5.08. The monoisotopic (exact) mass is 372 g/mol. The van der Waals surface area contributed by atoms with E-state index in [0.29, 0.717) is 5.56 Å². The fourth-order valence-corrected chi connectivity index (χ4v) is 3.62. The number of rotatable bonds is 4. The Morgan fingerprint density at radius 1 is 0.821 bits per heavy atom. The van der Waals surface area contributed by atoms with Crippen LogP contribution in [0.25, 0.3) is 0 Å². The molecule has 28 heavy (non-hydrogen) atoms. The summed E-state index contributed by atoms with van der Waals surface area (Å²) >= 11 is 0. The summed E-state index contributed by atoms with van der Waals surface area (Å²) in [7, 11) is 0. The highest BCUT2D eigenvalue weighted by Gasteiger charge is 2.27. The maximum Gasteiger partial charge on any atom is 0.253 e. The van der Waals surface area contributed by atoms with Gasteiger partial charge in [-0.3, -0.25) is 4.79 Å². The second kappa shape index (κ2) is 8.17. The standard InChI is InChI=1S/C24H24N2O2/c1-19-18-25(16-17-26(19)21-8-4-2-5-9-21)24(27)20-12-14-23(15-13-20)28-22-10-6-3-7-11-22/h2-15,19H,16-18H2,1H3. The third-order valence-corrected chi connectivity index (χ3v) is 5.08. The SMILES string of the molecule is CC1CN(C(=O)c2ccc(Oc3ccccc3)cc2)CCN1c1ccccc1. The molecule has 4 rings (SSSR count). The number of hydrogen-bond acceptors (Lipinski definition) is 3. The lowest BCUT2D eigenvalue weighted by atomic mass is 10.1. The smallest absolute Gasteiger partial charge is 0.253 e. The van der Waals surface area contributed by atoms with Crippen molar-refractivity contribution in [2.24, 2.45) is 0 Å². The number of hydrogen-bond donors (Lipinski definition) is 0. The Balaban J connectivity index is 1.39. The first-order valence-electron chi connectivity index (χ1n) is 9.64. The molecule has 1 atom stereocenters. The number of amides is 1. The Labute approximate surface area is 166 Å². The van der Waals surface area contributed by atoms with Gasteiger partial charge in [-0.05, 0) is 55.5 Å². The zero-order chi connectivity index (χ0) is 19.3. The van der Waals surface area contributed by atoms with Crippen molar-refractivity contribution in [3.8, 4) is 11.5 Å². The molecule has 0 bridgehead atoms. The zero-order valence-corrected chi connectivity index (χ0v) is 16.0. The molecule has 3 aromatic rings. The summed E-state index contributed by atoms with van der Waals surface area (Å²) < 4.78 is 5.81. The fraction of sp³-hybridized carbons (Fsp3) is 0.208. The molecule has 0 saturated carbocycles. The second-order valence-corrected chi connectivity index (χ2v) is 7.07. The maximum absolute atomic E-state index is 12.9. The van der Waals surface area contributed by atoms with E-state index in [4.69, 9.17) is 4.74 Å². The molecule has 0 N–H and O–H groups in total. The number of ether oxygens (including phenoxy) is 1. The predicted molar refractivity (Wildman–Crippen MR) is 112 cm³/mol. The van der Waals surface area contributed by atoms with Crippen molar-refractivity contribution in [1.82, 2.24) is 4.90 Å². The van der Waals surface area contributed by atoms with Crippen molar-refractivity contribution in [1.29, 1.82) is 0 Å². The van der Waals surface area contributed by atoms with Crippen LogP contribution in [0.1, 0.15) is 17.3 Å². The van der Waals surface area contributed by atoms with Crippen LogP contribution in [-0.2, 0) is 0 Å². The molecule has 1 amide bonds. The van der Waals surface area contributed by atoms with E-state index in [2.05, 4.69) is 36.1 Å². The zero-order valence-electron chi connectivity index (χ0n) is 16.0. The minimum atomic E-state index is 0.0748. The molecule has 142 valence electrons. The van der Waals surface area contributed by atoms with E-state index in [0.717, 1.165) is 31.1 Å². The van der Waals surface area contributed by atoms with Crippen molar-refractivity contribution in [2.45, 2.75) is 13.0 Å². The minimum Gasteiger partial charge on any atom is -0.457 e. The molecule has 3 aromatic carbocycles. The number of carbonyl (C=O) groups is 1. The number of anilines is 1. The highest BCUT2D eigenvalue weighted by molar-refractivity contribution is 5.94. The molecule has 1 aliphatic rings. The van der Waals surface area contributed by atoms with Gasteiger partial charge >= 0.3 is 0 Å². The second-order valence-electron chi connectivity index (χ2n) is 7.07. The fourth-order valence-electron chi connectivity index (χ4n) is 3.62. The molecule has 1 fully saturated rings. The Morgan fingerprint density at radius 2 is 1.43 bits per heavy atom. The molecule has 1 heterocycles. The van der Waals surface area contributed by atoms with Crippen LogP contribution in [0.5, 0.6) is 11.5 Å². The molecule has 0 radical (unpaired) electrons. The molecule has 1 unspecified atom stereocenters. The molecular weight excluding hydrogens is 348 g/mol. The van der Waals surface area contributed by atoms with Gasteiger partial charge in [-0.15, -0.1) is 0 Å². The lowest BCUT2D eigenvalue weighted by Gasteiger charge is -2.41. The van der Waals surface area contributed by atoms with E-state index in [-0.39, 0.29) is 11.9 Å². The number of para-hydroxylation sites is 2. The predicted octanol–water partition coefficient (Wildman–Crippen LogP) is 4.83. The Morgan fingerprint density at radius 3 is 2.07 bits per heavy atom. The van der Waals surface area contributed by atoms with Crippen LogP contribution in [0.4, 0.5) is 5.69 Å². The van der Waals surface area contributed by atoms with E-state index < -0.39 is 0 Å². The summed E-state index contributed by atoms with van der Waals surface area (Å²) in [5.41, 5.74) is 1.91. The van der Waals surface area contributed by atoms with Gasteiger partial charge in [0, 0.05) is 36.9 Å². The van der Waals surface area contributed by atoms with E-state index in [9.17, 15) is 4.79 Å². The van der Waals surface area contributed by atoms with Gasteiger partial charge in [-0.1, -0.05) is 36.4 Å². The van der Waals surface area contributed by atoms with Gasteiger partial charge in [0.2, 0.25) is 0 Å². The van der Waals surface area contributed by atoms with Crippen molar-refractivity contribution in [3.63, 3.8) is 0 Å².